The Kier molecular flexibility index (Phi) is 4.00. The van der Waals surface area contributed by atoms with Crippen molar-refractivity contribution < 1.29 is 13.9 Å². The molecule has 5 nitrogen and oxygen atoms in total. The molecule has 2 heterocycles. The molecule has 138 valence electrons. The van der Waals surface area contributed by atoms with Crippen LogP contribution >= 0.6 is 0 Å². The predicted octanol–water partition coefficient (Wildman–Crippen LogP) is 5.01. The highest BCUT2D eigenvalue weighted by molar-refractivity contribution is 5.78. The van der Waals surface area contributed by atoms with Gasteiger partial charge >= 0.3 is 5.76 Å². The highest BCUT2D eigenvalue weighted by Crippen LogP contribution is 2.41. The van der Waals surface area contributed by atoms with Crippen molar-refractivity contribution in [2.75, 3.05) is 6.79 Å². The maximum Gasteiger partial charge on any atom is 0.420 e. The molecular weight excluding hydrogens is 342 g/mol. The van der Waals surface area contributed by atoms with E-state index in [1.165, 1.54) is 6.42 Å². The van der Waals surface area contributed by atoms with Crippen molar-refractivity contribution in [3.63, 3.8) is 0 Å². The van der Waals surface area contributed by atoms with Crippen LogP contribution in [0.25, 0.3) is 22.6 Å². The molecule has 1 saturated carbocycles. The maximum absolute atomic E-state index is 12.9. The number of nitrogens with zero attached hydrogens (tertiary/aromatic N) is 1. The largest absolute Gasteiger partial charge is 0.454 e. The molecule has 2 aromatic carbocycles. The number of hydrogen-bond donors (Lipinski definition) is 0. The molecule has 0 radical (unpaired) electrons. The van der Waals surface area contributed by atoms with E-state index in [2.05, 4.69) is 0 Å². The van der Waals surface area contributed by atoms with Gasteiger partial charge in [-0.15, -0.1) is 0 Å². The van der Waals surface area contributed by atoms with Gasteiger partial charge in [0.15, 0.2) is 17.3 Å². The Morgan fingerprint density at radius 1 is 0.852 bits per heavy atom. The van der Waals surface area contributed by atoms with Crippen molar-refractivity contribution in [2.24, 2.45) is 0 Å². The second-order valence-corrected chi connectivity index (χ2v) is 7.14. The van der Waals surface area contributed by atoms with Crippen LogP contribution in [0.15, 0.2) is 57.7 Å². The lowest BCUT2D eigenvalue weighted by Crippen LogP contribution is -2.23. The number of fused-ring (bicyclic) bond motifs is 1. The summed E-state index contributed by atoms with van der Waals surface area (Å²) in [5.41, 5.74) is 2.66. The molecule has 5 rings (SSSR count). The topological polar surface area (TPSA) is 53.6 Å². The Morgan fingerprint density at radius 2 is 1.63 bits per heavy atom. The van der Waals surface area contributed by atoms with Crippen LogP contribution in [-0.4, -0.2) is 11.4 Å². The highest BCUT2D eigenvalue weighted by Gasteiger charge is 2.27. The molecule has 0 amide bonds. The SMILES string of the molecule is O=c1oc(-c2ccc3c(c2)OCO3)c(-c2ccccc2)n1C1CCCCC1. The summed E-state index contributed by atoms with van der Waals surface area (Å²) in [6.07, 6.45) is 5.56. The summed E-state index contributed by atoms with van der Waals surface area (Å²) in [4.78, 5) is 12.9. The standard InChI is InChI=1S/C22H21NO4/c24-22-23(17-9-5-2-6-10-17)20(15-7-3-1-4-8-15)21(27-22)16-11-12-18-19(13-16)26-14-25-18/h1,3-4,7-8,11-13,17H,2,5-6,9-10,14H2. The van der Waals surface area contributed by atoms with Crippen molar-refractivity contribution in [2.45, 2.75) is 38.1 Å². The van der Waals surface area contributed by atoms with E-state index in [1.54, 1.807) is 0 Å². The second-order valence-electron chi connectivity index (χ2n) is 7.14. The van der Waals surface area contributed by atoms with Gasteiger partial charge in [-0.3, -0.25) is 4.57 Å². The zero-order valence-electron chi connectivity index (χ0n) is 15.0. The Labute approximate surface area is 157 Å². The van der Waals surface area contributed by atoms with Gasteiger partial charge in [-0.1, -0.05) is 49.6 Å². The first-order chi connectivity index (χ1) is 13.3. The third-order valence-corrected chi connectivity index (χ3v) is 5.46. The number of rotatable bonds is 3. The van der Waals surface area contributed by atoms with E-state index in [-0.39, 0.29) is 18.6 Å². The van der Waals surface area contributed by atoms with Crippen molar-refractivity contribution >= 4 is 0 Å². The molecule has 2 aliphatic rings. The van der Waals surface area contributed by atoms with E-state index in [0.717, 1.165) is 42.5 Å². The minimum Gasteiger partial charge on any atom is -0.454 e. The molecule has 1 aliphatic carbocycles. The lowest BCUT2D eigenvalue weighted by Gasteiger charge is -2.23. The van der Waals surface area contributed by atoms with Crippen LogP contribution in [0.2, 0.25) is 0 Å². The highest BCUT2D eigenvalue weighted by atomic mass is 16.7. The lowest BCUT2D eigenvalue weighted by atomic mass is 9.94. The van der Waals surface area contributed by atoms with Crippen molar-refractivity contribution in [1.29, 1.82) is 0 Å². The van der Waals surface area contributed by atoms with Gasteiger partial charge in [0.1, 0.15) is 0 Å². The molecule has 1 aliphatic heterocycles. The van der Waals surface area contributed by atoms with E-state index >= 15 is 0 Å². The van der Waals surface area contributed by atoms with Gasteiger partial charge in [0, 0.05) is 17.2 Å². The molecule has 27 heavy (non-hydrogen) atoms. The predicted molar refractivity (Wildman–Crippen MR) is 102 cm³/mol. The fraction of sp³-hybridized carbons (Fsp3) is 0.318. The summed E-state index contributed by atoms with van der Waals surface area (Å²) in [6, 6.07) is 15.9. The Hall–Kier alpha value is -2.95. The molecule has 0 N–H and O–H groups in total. The van der Waals surface area contributed by atoms with E-state index in [0.29, 0.717) is 17.3 Å². The van der Waals surface area contributed by atoms with Crippen LogP contribution in [0.5, 0.6) is 11.5 Å². The van der Waals surface area contributed by atoms with E-state index in [4.69, 9.17) is 13.9 Å². The Morgan fingerprint density at radius 3 is 2.44 bits per heavy atom. The van der Waals surface area contributed by atoms with Gasteiger partial charge in [0.25, 0.3) is 0 Å². The first-order valence-electron chi connectivity index (χ1n) is 9.52. The zero-order valence-corrected chi connectivity index (χ0v) is 15.0. The molecule has 0 spiro atoms. The van der Waals surface area contributed by atoms with Gasteiger partial charge in [-0.25, -0.2) is 4.79 Å². The lowest BCUT2D eigenvalue weighted by molar-refractivity contribution is 0.174. The summed E-state index contributed by atoms with van der Waals surface area (Å²) >= 11 is 0. The third kappa shape index (κ3) is 2.83. The average molecular weight is 363 g/mol. The number of ether oxygens (including phenoxy) is 2. The molecule has 3 aromatic rings. The van der Waals surface area contributed by atoms with E-state index in [1.807, 2.05) is 53.1 Å². The van der Waals surface area contributed by atoms with Gasteiger partial charge < -0.3 is 13.9 Å². The van der Waals surface area contributed by atoms with Gasteiger partial charge in [0.2, 0.25) is 6.79 Å². The van der Waals surface area contributed by atoms with Crippen LogP contribution in [0.4, 0.5) is 0 Å². The third-order valence-electron chi connectivity index (χ3n) is 5.46. The molecule has 1 fully saturated rings. The minimum atomic E-state index is -0.284. The van der Waals surface area contributed by atoms with Gasteiger partial charge in [-0.2, -0.15) is 0 Å². The number of aromatic nitrogens is 1. The van der Waals surface area contributed by atoms with E-state index in [9.17, 15) is 4.79 Å². The smallest absolute Gasteiger partial charge is 0.420 e. The van der Waals surface area contributed by atoms with Crippen LogP contribution in [0.1, 0.15) is 38.1 Å². The van der Waals surface area contributed by atoms with Crippen LogP contribution in [0.3, 0.4) is 0 Å². The van der Waals surface area contributed by atoms with Crippen LogP contribution < -0.4 is 15.2 Å². The average Bonchev–Trinajstić information content (AvgIpc) is 3.32. The Bertz CT molecular complexity index is 1010. The van der Waals surface area contributed by atoms with Crippen molar-refractivity contribution in [3.05, 3.63) is 59.1 Å². The number of oxazole rings is 1. The fourth-order valence-electron chi connectivity index (χ4n) is 4.16. The fourth-order valence-corrected chi connectivity index (χ4v) is 4.16. The number of hydrogen-bond acceptors (Lipinski definition) is 4. The molecular formula is C22H21NO4. The quantitative estimate of drug-likeness (QED) is 0.656. The molecule has 0 bridgehead atoms. The molecule has 0 atom stereocenters. The Balaban J connectivity index is 1.70. The van der Waals surface area contributed by atoms with E-state index < -0.39 is 0 Å². The first kappa shape index (κ1) is 16.2. The monoisotopic (exact) mass is 363 g/mol. The van der Waals surface area contributed by atoms with Crippen molar-refractivity contribution in [3.8, 4) is 34.1 Å². The zero-order chi connectivity index (χ0) is 18.2. The molecule has 5 heteroatoms. The van der Waals surface area contributed by atoms with Gasteiger partial charge in [-0.05, 0) is 31.0 Å². The summed E-state index contributed by atoms with van der Waals surface area (Å²) in [5.74, 6) is 1.71. The summed E-state index contributed by atoms with van der Waals surface area (Å²) in [7, 11) is 0. The molecule has 0 saturated heterocycles. The van der Waals surface area contributed by atoms with Crippen LogP contribution in [0, 0.1) is 0 Å². The minimum absolute atomic E-state index is 0.188. The first-order valence-corrected chi connectivity index (χ1v) is 9.52. The number of benzene rings is 2. The summed E-state index contributed by atoms with van der Waals surface area (Å²) in [5, 5.41) is 0. The molecule has 0 unspecified atom stereocenters. The van der Waals surface area contributed by atoms with Gasteiger partial charge in [0.05, 0.1) is 5.69 Å². The molecule has 1 aromatic heterocycles. The summed E-state index contributed by atoms with van der Waals surface area (Å²) in [6.45, 7) is 0.220. The van der Waals surface area contributed by atoms with Crippen molar-refractivity contribution in [1.82, 2.24) is 4.57 Å². The normalized spacial score (nSPS) is 16.6. The maximum atomic E-state index is 12.9. The van der Waals surface area contributed by atoms with Crippen LogP contribution in [-0.2, 0) is 0 Å². The second kappa shape index (κ2) is 6.65. The summed E-state index contributed by atoms with van der Waals surface area (Å²) < 4.78 is 18.6.